The summed E-state index contributed by atoms with van der Waals surface area (Å²) < 4.78 is 0. The van der Waals surface area contributed by atoms with E-state index in [9.17, 15) is 14.4 Å². The molecule has 0 radical (unpaired) electrons. The summed E-state index contributed by atoms with van der Waals surface area (Å²) in [6, 6.07) is 8.53. The Morgan fingerprint density at radius 2 is 2.06 bits per heavy atom. The van der Waals surface area contributed by atoms with E-state index in [4.69, 9.17) is 11.6 Å². The summed E-state index contributed by atoms with van der Waals surface area (Å²) in [5.74, 6) is 0.275. The molecule has 1 atom stereocenters. The first kappa shape index (κ1) is 21.0. The second-order valence-electron chi connectivity index (χ2n) is 7.64. The Balaban J connectivity index is 1.30. The van der Waals surface area contributed by atoms with Crippen LogP contribution in [-0.2, 0) is 16.1 Å². The molecule has 2 aromatic rings. The van der Waals surface area contributed by atoms with Gasteiger partial charge in [-0.2, -0.15) is 0 Å². The van der Waals surface area contributed by atoms with Gasteiger partial charge in [-0.25, -0.2) is 14.8 Å². The maximum atomic E-state index is 12.7. The lowest BCUT2D eigenvalue weighted by Gasteiger charge is -2.40. The van der Waals surface area contributed by atoms with E-state index in [0.717, 1.165) is 11.3 Å². The van der Waals surface area contributed by atoms with Crippen LogP contribution in [0, 0.1) is 0 Å². The Kier molecular flexibility index (Phi) is 6.31. The van der Waals surface area contributed by atoms with Crippen molar-refractivity contribution in [3.05, 3.63) is 47.4 Å². The molecule has 31 heavy (non-hydrogen) atoms. The molecule has 9 nitrogen and oxygen atoms in total. The normalized spacial score (nSPS) is 17.5. The van der Waals surface area contributed by atoms with Crippen LogP contribution in [0.3, 0.4) is 0 Å². The third kappa shape index (κ3) is 4.93. The van der Waals surface area contributed by atoms with E-state index in [1.165, 1.54) is 12.4 Å². The molecule has 0 aliphatic carbocycles. The highest BCUT2D eigenvalue weighted by Crippen LogP contribution is 2.27. The Morgan fingerprint density at radius 1 is 1.29 bits per heavy atom. The third-order valence-electron chi connectivity index (χ3n) is 5.64. The second-order valence-corrected chi connectivity index (χ2v) is 8.03. The lowest BCUT2D eigenvalue weighted by Crippen LogP contribution is -2.51. The predicted molar refractivity (Wildman–Crippen MR) is 116 cm³/mol. The van der Waals surface area contributed by atoms with Crippen LogP contribution < -0.4 is 10.6 Å². The summed E-state index contributed by atoms with van der Waals surface area (Å²) in [5, 5.41) is 6.09. The van der Waals surface area contributed by atoms with E-state index < -0.39 is 6.04 Å². The molecule has 2 aliphatic rings. The number of halogens is 1. The Morgan fingerprint density at radius 3 is 2.81 bits per heavy atom. The monoisotopic (exact) mass is 442 g/mol. The molecule has 2 aliphatic heterocycles. The zero-order chi connectivity index (χ0) is 21.8. The number of carbonyl (C=O) groups excluding carboxylic acids is 3. The van der Waals surface area contributed by atoms with Crippen molar-refractivity contribution in [1.82, 2.24) is 19.8 Å². The number of nitrogens with one attached hydrogen (secondary N) is 2. The van der Waals surface area contributed by atoms with Gasteiger partial charge in [0.2, 0.25) is 5.91 Å². The zero-order valence-corrected chi connectivity index (χ0v) is 17.6. The minimum absolute atomic E-state index is 0.0212. The lowest BCUT2D eigenvalue weighted by atomic mass is 10.0. The molecule has 3 amide bonds. The first-order chi connectivity index (χ1) is 15.0. The minimum atomic E-state index is -0.708. The van der Waals surface area contributed by atoms with E-state index in [2.05, 4.69) is 20.6 Å². The summed E-state index contributed by atoms with van der Waals surface area (Å²) in [6.45, 7) is 1.65. The van der Waals surface area contributed by atoms with Gasteiger partial charge in [0.05, 0.1) is 12.5 Å². The topological polar surface area (TPSA) is 108 Å². The highest BCUT2D eigenvalue weighted by Gasteiger charge is 2.32. The highest BCUT2D eigenvalue weighted by atomic mass is 35.5. The van der Waals surface area contributed by atoms with Gasteiger partial charge >= 0.3 is 6.03 Å². The van der Waals surface area contributed by atoms with Crippen LogP contribution >= 0.6 is 11.6 Å². The van der Waals surface area contributed by atoms with Crippen molar-refractivity contribution in [2.45, 2.75) is 37.9 Å². The summed E-state index contributed by atoms with van der Waals surface area (Å²) in [7, 11) is 0. The predicted octanol–water partition coefficient (Wildman–Crippen LogP) is 2.54. The zero-order valence-electron chi connectivity index (χ0n) is 16.8. The largest absolute Gasteiger partial charge is 0.360 e. The minimum Gasteiger partial charge on any atom is -0.360 e. The molecule has 1 aromatic carbocycles. The van der Waals surface area contributed by atoms with Gasteiger partial charge in [0, 0.05) is 37.4 Å². The molecule has 2 N–H and O–H groups in total. The number of anilines is 2. The van der Waals surface area contributed by atoms with Crippen molar-refractivity contribution < 1.29 is 14.4 Å². The van der Waals surface area contributed by atoms with Gasteiger partial charge in [0.1, 0.15) is 23.6 Å². The van der Waals surface area contributed by atoms with E-state index in [1.54, 1.807) is 4.90 Å². The number of carbonyl (C=O) groups is 3. The van der Waals surface area contributed by atoms with E-state index in [0.29, 0.717) is 44.6 Å². The number of aromatic nitrogens is 2. The lowest BCUT2D eigenvalue weighted by molar-refractivity contribution is -0.133. The van der Waals surface area contributed by atoms with Gasteiger partial charge in [-0.15, -0.1) is 0 Å². The molecule has 0 bridgehead atoms. The fourth-order valence-corrected chi connectivity index (χ4v) is 4.14. The summed E-state index contributed by atoms with van der Waals surface area (Å²) in [5.41, 5.74) is 1.94. The van der Waals surface area contributed by atoms with Crippen molar-refractivity contribution >= 4 is 41.3 Å². The number of aldehydes is 1. The van der Waals surface area contributed by atoms with Crippen LogP contribution in [0.25, 0.3) is 0 Å². The highest BCUT2D eigenvalue weighted by molar-refractivity contribution is 6.29. The maximum absolute atomic E-state index is 12.7. The van der Waals surface area contributed by atoms with E-state index >= 15 is 0 Å². The Hall–Kier alpha value is -3.20. The molecule has 1 aromatic heterocycles. The fraction of sp³-hybridized carbons (Fsp3) is 0.381. The van der Waals surface area contributed by atoms with Crippen molar-refractivity contribution in [3.63, 3.8) is 0 Å². The van der Waals surface area contributed by atoms with Crippen molar-refractivity contribution in [3.8, 4) is 0 Å². The molecule has 0 spiro atoms. The number of fused-ring (bicyclic) bond motifs is 1. The van der Waals surface area contributed by atoms with Crippen molar-refractivity contribution in [2.75, 3.05) is 23.7 Å². The molecule has 10 heteroatoms. The van der Waals surface area contributed by atoms with Gasteiger partial charge in [-0.05, 0) is 24.5 Å². The molecular weight excluding hydrogens is 420 g/mol. The van der Waals surface area contributed by atoms with Gasteiger partial charge in [0.15, 0.2) is 0 Å². The van der Waals surface area contributed by atoms with E-state index in [-0.39, 0.29) is 29.6 Å². The van der Waals surface area contributed by atoms with Crippen LogP contribution in [0.5, 0.6) is 0 Å². The fourth-order valence-electron chi connectivity index (χ4n) is 4.00. The average molecular weight is 443 g/mol. The third-order valence-corrected chi connectivity index (χ3v) is 5.85. The van der Waals surface area contributed by atoms with E-state index in [1.807, 2.05) is 29.2 Å². The van der Waals surface area contributed by atoms with Gasteiger partial charge < -0.3 is 25.2 Å². The standard InChI is InChI=1S/C21H23ClN6O3/c22-18-10-19(24-13-23-18)25-15(12-29)9-20(30)27-7-5-16(6-8-27)28-11-14-3-1-2-4-17(14)26-21(28)31/h1-4,10,12-13,15-16H,5-9,11H2,(H,26,31)(H,23,24,25). The van der Waals surface area contributed by atoms with Crippen LogP contribution in [0.2, 0.25) is 5.15 Å². The second kappa shape index (κ2) is 9.30. The molecule has 162 valence electrons. The number of piperidine rings is 1. The first-order valence-electron chi connectivity index (χ1n) is 10.2. The van der Waals surface area contributed by atoms with Crippen molar-refractivity contribution in [1.29, 1.82) is 0 Å². The average Bonchev–Trinajstić information content (AvgIpc) is 2.78. The van der Waals surface area contributed by atoms with Gasteiger partial charge in [0.25, 0.3) is 0 Å². The van der Waals surface area contributed by atoms with Gasteiger partial charge in [-0.1, -0.05) is 29.8 Å². The molecule has 4 rings (SSSR count). The molecule has 1 fully saturated rings. The smallest absolute Gasteiger partial charge is 0.322 e. The summed E-state index contributed by atoms with van der Waals surface area (Å²) in [4.78, 5) is 48.1. The summed E-state index contributed by atoms with van der Waals surface area (Å²) >= 11 is 5.83. The number of likely N-dealkylation sites (tertiary alicyclic amines) is 1. The quantitative estimate of drug-likeness (QED) is 0.525. The Bertz CT molecular complexity index is 979. The van der Waals surface area contributed by atoms with Crippen LogP contribution in [0.4, 0.5) is 16.3 Å². The van der Waals surface area contributed by atoms with Gasteiger partial charge in [-0.3, -0.25) is 4.79 Å². The summed E-state index contributed by atoms with van der Waals surface area (Å²) in [6.07, 6.45) is 3.39. The first-order valence-corrected chi connectivity index (χ1v) is 10.5. The Labute approximate surface area is 184 Å². The number of hydrogen-bond donors (Lipinski definition) is 2. The van der Waals surface area contributed by atoms with Crippen molar-refractivity contribution in [2.24, 2.45) is 0 Å². The maximum Gasteiger partial charge on any atom is 0.322 e. The number of benzene rings is 1. The van der Waals surface area contributed by atoms with Crippen LogP contribution in [-0.4, -0.2) is 63.2 Å². The number of rotatable bonds is 6. The molecule has 3 heterocycles. The number of urea groups is 1. The molecule has 1 unspecified atom stereocenters. The van der Waals surface area contributed by atoms with Crippen LogP contribution in [0.15, 0.2) is 36.7 Å². The van der Waals surface area contributed by atoms with Crippen LogP contribution in [0.1, 0.15) is 24.8 Å². The molecule has 0 saturated carbocycles. The number of hydrogen-bond acceptors (Lipinski definition) is 6. The SMILES string of the molecule is O=CC(CC(=O)N1CCC(N2Cc3ccccc3NC2=O)CC1)Nc1cc(Cl)ncn1. The molecular formula is C21H23ClN6O3. The number of nitrogens with zero attached hydrogens (tertiary/aromatic N) is 4. The molecule has 1 saturated heterocycles. The number of amides is 3. The number of para-hydroxylation sites is 1.